The molecule has 2 aromatic heterocycles. The number of rotatable bonds is 5. The Morgan fingerprint density at radius 1 is 1.21 bits per heavy atom. The van der Waals surface area contributed by atoms with Crippen LogP contribution < -0.4 is 15.5 Å². The van der Waals surface area contributed by atoms with Gasteiger partial charge in [0.1, 0.15) is 5.82 Å². The fraction of sp³-hybridized carbons (Fsp3) is 0.385. The minimum atomic E-state index is -0.326. The third-order valence-corrected chi connectivity index (χ3v) is 6.77. The Morgan fingerprint density at radius 2 is 1.97 bits per heavy atom. The van der Waals surface area contributed by atoms with Crippen LogP contribution in [0.15, 0.2) is 66.3 Å². The third kappa shape index (κ3) is 4.95. The Morgan fingerprint density at radius 3 is 2.59 bits per heavy atom. The Hall–Kier alpha value is -3.68. The number of aromatic nitrogens is 2. The molecular formula is C26H32N6O2. The van der Waals surface area contributed by atoms with E-state index in [1.807, 2.05) is 35.4 Å². The van der Waals surface area contributed by atoms with Gasteiger partial charge in [0.15, 0.2) is 0 Å². The van der Waals surface area contributed by atoms with Gasteiger partial charge in [0.25, 0.3) is 0 Å². The lowest BCUT2D eigenvalue weighted by molar-refractivity contribution is -0.131. The van der Waals surface area contributed by atoms with E-state index in [-0.39, 0.29) is 29.8 Å². The number of anilines is 2. The van der Waals surface area contributed by atoms with Crippen molar-refractivity contribution in [2.24, 2.45) is 0 Å². The van der Waals surface area contributed by atoms with Gasteiger partial charge in [-0.3, -0.25) is 14.6 Å². The van der Waals surface area contributed by atoms with Crippen molar-refractivity contribution in [3.05, 3.63) is 71.8 Å². The molecule has 2 amide bonds. The largest absolute Gasteiger partial charge is 0.378 e. The summed E-state index contributed by atoms with van der Waals surface area (Å²) in [5, 5.41) is 6.34. The van der Waals surface area contributed by atoms with E-state index >= 15 is 0 Å². The van der Waals surface area contributed by atoms with Crippen LogP contribution in [0.5, 0.6) is 0 Å². The van der Waals surface area contributed by atoms with E-state index < -0.39 is 0 Å². The van der Waals surface area contributed by atoms with Gasteiger partial charge in [-0.1, -0.05) is 6.08 Å². The van der Waals surface area contributed by atoms with Crippen LogP contribution in [0.4, 0.5) is 11.5 Å². The average Bonchev–Trinajstić information content (AvgIpc) is 2.82. The molecule has 0 bridgehead atoms. The fourth-order valence-corrected chi connectivity index (χ4v) is 4.59. The highest BCUT2D eigenvalue weighted by atomic mass is 16.2. The number of nitrogens with zero attached hydrogens (tertiary/aromatic N) is 4. The second-order valence-corrected chi connectivity index (χ2v) is 9.19. The summed E-state index contributed by atoms with van der Waals surface area (Å²) in [6.07, 6.45) is 9.57. The number of hydrogen-bond acceptors (Lipinski definition) is 6. The van der Waals surface area contributed by atoms with Gasteiger partial charge < -0.3 is 20.4 Å². The Bertz CT molecular complexity index is 1110. The van der Waals surface area contributed by atoms with Gasteiger partial charge in [0.2, 0.25) is 11.8 Å². The quantitative estimate of drug-likeness (QED) is 0.712. The highest BCUT2D eigenvalue weighted by Crippen LogP contribution is 2.32. The highest BCUT2D eigenvalue weighted by Gasteiger charge is 2.30. The van der Waals surface area contributed by atoms with E-state index in [2.05, 4.69) is 52.3 Å². The van der Waals surface area contributed by atoms with Gasteiger partial charge in [0, 0.05) is 51.2 Å². The minimum absolute atomic E-state index is 0.110. The van der Waals surface area contributed by atoms with Gasteiger partial charge in [0.05, 0.1) is 23.8 Å². The van der Waals surface area contributed by atoms with Crippen molar-refractivity contribution in [1.82, 2.24) is 20.2 Å². The molecule has 0 saturated carbocycles. The van der Waals surface area contributed by atoms with Crippen molar-refractivity contribution >= 4 is 23.3 Å². The number of nitrogens with one attached hydrogen (secondary N) is 2. The second kappa shape index (κ2) is 9.67. The maximum atomic E-state index is 12.6. The average molecular weight is 461 g/mol. The number of dihydropyridines is 1. The minimum Gasteiger partial charge on any atom is -0.378 e. The van der Waals surface area contributed by atoms with Gasteiger partial charge in [-0.2, -0.15) is 0 Å². The van der Waals surface area contributed by atoms with E-state index in [1.54, 1.807) is 25.5 Å². The number of hydrogen-bond donors (Lipinski definition) is 2. The molecule has 0 aromatic carbocycles. The Kier molecular flexibility index (Phi) is 6.68. The molecule has 2 aliphatic rings. The first-order valence-corrected chi connectivity index (χ1v) is 11.6. The molecule has 34 heavy (non-hydrogen) atoms. The van der Waals surface area contributed by atoms with E-state index in [0.717, 1.165) is 35.5 Å². The number of pyridine rings is 2. The predicted octanol–water partition coefficient (Wildman–Crippen LogP) is 3.21. The molecule has 2 atom stereocenters. The monoisotopic (exact) mass is 460 g/mol. The van der Waals surface area contributed by atoms with Gasteiger partial charge in [-0.25, -0.2) is 4.98 Å². The number of piperazine rings is 1. The molecule has 178 valence electrons. The number of carbonyl (C=O) groups is 2. The molecule has 2 aromatic rings. The number of carbonyl (C=O) groups excluding carboxylic acids is 2. The van der Waals surface area contributed by atoms with Crippen LogP contribution in [-0.4, -0.2) is 52.4 Å². The standard InChI is InChI=1S/C26H32N6O2/c1-18-13-21(15-29-26(18,4)22-7-9-27-10-8-22)14-25(34)30-24-6-5-23(16-28-24)31-11-12-32(20(3)33)19(2)17-31/h5-10,13,15-16,19,29H,11-12,14,17H2,1-4H3,(H,28,30,34)/t19?,26-/m1/s1. The maximum Gasteiger partial charge on any atom is 0.230 e. The molecule has 1 unspecified atom stereocenters. The summed E-state index contributed by atoms with van der Waals surface area (Å²) >= 11 is 0. The molecule has 1 fully saturated rings. The smallest absolute Gasteiger partial charge is 0.230 e. The molecule has 2 N–H and O–H groups in total. The molecule has 4 rings (SSSR count). The van der Waals surface area contributed by atoms with Crippen molar-refractivity contribution in [2.75, 3.05) is 29.9 Å². The lowest BCUT2D eigenvalue weighted by Gasteiger charge is -2.40. The number of amides is 2. The molecule has 4 heterocycles. The summed E-state index contributed by atoms with van der Waals surface area (Å²) in [7, 11) is 0. The van der Waals surface area contributed by atoms with Crippen molar-refractivity contribution in [3.63, 3.8) is 0 Å². The van der Waals surface area contributed by atoms with Crippen LogP contribution in [0.3, 0.4) is 0 Å². The topological polar surface area (TPSA) is 90.5 Å². The predicted molar refractivity (Wildman–Crippen MR) is 133 cm³/mol. The van der Waals surface area contributed by atoms with Crippen LogP contribution in [0.2, 0.25) is 0 Å². The SMILES string of the molecule is CC(=O)N1CCN(c2ccc(NC(=O)CC3=CN[C@@](C)(c4ccncc4)C(C)=C3)nc2)CC1C. The van der Waals surface area contributed by atoms with E-state index in [0.29, 0.717) is 12.4 Å². The summed E-state index contributed by atoms with van der Waals surface area (Å²) in [5.41, 5.74) is 3.83. The van der Waals surface area contributed by atoms with Crippen molar-refractivity contribution in [3.8, 4) is 0 Å². The van der Waals surface area contributed by atoms with Crippen molar-refractivity contribution < 1.29 is 9.59 Å². The van der Waals surface area contributed by atoms with Crippen LogP contribution >= 0.6 is 0 Å². The highest BCUT2D eigenvalue weighted by molar-refractivity contribution is 5.92. The van der Waals surface area contributed by atoms with Crippen molar-refractivity contribution in [1.29, 1.82) is 0 Å². The summed E-state index contributed by atoms with van der Waals surface area (Å²) in [4.78, 5) is 37.0. The molecule has 2 aliphatic heterocycles. The first-order valence-electron chi connectivity index (χ1n) is 11.6. The molecule has 8 heteroatoms. The van der Waals surface area contributed by atoms with Gasteiger partial charge in [-0.05, 0) is 61.7 Å². The summed E-state index contributed by atoms with van der Waals surface area (Å²) in [6.45, 7) is 10.1. The van der Waals surface area contributed by atoms with E-state index in [4.69, 9.17) is 0 Å². The number of allylic oxidation sites excluding steroid dienone is 1. The molecule has 0 radical (unpaired) electrons. The summed E-state index contributed by atoms with van der Waals surface area (Å²) in [6, 6.07) is 7.93. The van der Waals surface area contributed by atoms with E-state index in [1.165, 1.54) is 0 Å². The molecular weight excluding hydrogens is 428 g/mol. The second-order valence-electron chi connectivity index (χ2n) is 9.19. The molecule has 0 aliphatic carbocycles. The molecule has 1 saturated heterocycles. The lowest BCUT2D eigenvalue weighted by atomic mass is 9.82. The molecule has 0 spiro atoms. The van der Waals surface area contributed by atoms with E-state index in [9.17, 15) is 9.59 Å². The molecule has 8 nitrogen and oxygen atoms in total. The zero-order valence-corrected chi connectivity index (χ0v) is 20.2. The maximum absolute atomic E-state index is 12.6. The Balaban J connectivity index is 1.33. The van der Waals surface area contributed by atoms with Crippen LogP contribution in [-0.2, 0) is 15.1 Å². The zero-order valence-electron chi connectivity index (χ0n) is 20.2. The van der Waals surface area contributed by atoms with Crippen LogP contribution in [0, 0.1) is 0 Å². The van der Waals surface area contributed by atoms with Crippen LogP contribution in [0.25, 0.3) is 0 Å². The summed E-state index contributed by atoms with van der Waals surface area (Å²) < 4.78 is 0. The fourth-order valence-electron chi connectivity index (χ4n) is 4.59. The van der Waals surface area contributed by atoms with Crippen LogP contribution in [0.1, 0.15) is 39.7 Å². The Labute approximate surface area is 200 Å². The van der Waals surface area contributed by atoms with Gasteiger partial charge >= 0.3 is 0 Å². The third-order valence-electron chi connectivity index (χ3n) is 6.77. The lowest BCUT2D eigenvalue weighted by Crippen LogP contribution is -2.53. The first kappa shape index (κ1) is 23.5. The van der Waals surface area contributed by atoms with Crippen molar-refractivity contribution in [2.45, 2.75) is 45.7 Å². The summed E-state index contributed by atoms with van der Waals surface area (Å²) in [5.74, 6) is 0.517. The first-order chi connectivity index (χ1) is 16.3. The van der Waals surface area contributed by atoms with Gasteiger partial charge in [-0.15, -0.1) is 0 Å². The zero-order chi connectivity index (χ0) is 24.3. The normalized spacial score (nSPS) is 22.4.